The second-order valence-corrected chi connectivity index (χ2v) is 7.52. The monoisotopic (exact) mass is 404 g/mol. The molecule has 2 amide bonds. The first-order valence-electron chi connectivity index (χ1n) is 8.61. The summed E-state index contributed by atoms with van der Waals surface area (Å²) < 4.78 is 14.2. The second-order valence-electron chi connectivity index (χ2n) is 6.14. The van der Waals surface area contributed by atoms with Crippen molar-refractivity contribution >= 4 is 46.5 Å². The van der Waals surface area contributed by atoms with E-state index in [4.69, 9.17) is 11.6 Å². The Hall–Kier alpha value is -2.31. The molecular formula is C20H18ClFN2O2S. The number of imide groups is 1. The van der Waals surface area contributed by atoms with E-state index in [0.29, 0.717) is 12.1 Å². The average molecular weight is 405 g/mol. The van der Waals surface area contributed by atoms with E-state index in [1.165, 1.54) is 29.5 Å². The van der Waals surface area contributed by atoms with Crippen molar-refractivity contribution in [2.75, 3.05) is 0 Å². The van der Waals surface area contributed by atoms with Gasteiger partial charge in [0.25, 0.3) is 11.8 Å². The summed E-state index contributed by atoms with van der Waals surface area (Å²) in [7, 11) is 0. The number of benzene rings is 1. The molecule has 1 aliphatic heterocycles. The van der Waals surface area contributed by atoms with Crippen molar-refractivity contribution < 1.29 is 14.0 Å². The maximum Gasteiger partial charge on any atom is 0.273 e. The predicted octanol–water partition coefficient (Wildman–Crippen LogP) is 4.94. The summed E-state index contributed by atoms with van der Waals surface area (Å²) in [5.74, 6) is -2.10. The summed E-state index contributed by atoms with van der Waals surface area (Å²) in [5.41, 5.74) is 0.851. The molecule has 1 atom stereocenters. The Bertz CT molecular complexity index is 888. The number of hydrazone groups is 1. The topological polar surface area (TPSA) is 49.7 Å². The van der Waals surface area contributed by atoms with Gasteiger partial charge >= 0.3 is 0 Å². The van der Waals surface area contributed by atoms with E-state index in [1.54, 1.807) is 12.1 Å². The minimum atomic E-state index is -0.682. The van der Waals surface area contributed by atoms with Crippen molar-refractivity contribution in [2.24, 2.45) is 11.0 Å². The number of hydrogen-bond acceptors (Lipinski definition) is 4. The third kappa shape index (κ3) is 4.34. The van der Waals surface area contributed by atoms with Gasteiger partial charge in [-0.15, -0.1) is 11.3 Å². The molecule has 27 heavy (non-hydrogen) atoms. The molecule has 2 heterocycles. The smallest absolute Gasteiger partial charge is 0.272 e. The van der Waals surface area contributed by atoms with Crippen molar-refractivity contribution in [3.05, 3.63) is 63.1 Å². The van der Waals surface area contributed by atoms with Crippen LogP contribution in [0.4, 0.5) is 4.39 Å². The van der Waals surface area contributed by atoms with E-state index in [-0.39, 0.29) is 17.0 Å². The summed E-state index contributed by atoms with van der Waals surface area (Å²) >= 11 is 7.59. The summed E-state index contributed by atoms with van der Waals surface area (Å²) in [4.78, 5) is 26.2. The lowest BCUT2D eigenvalue weighted by Gasteiger charge is -2.13. The van der Waals surface area contributed by atoms with E-state index in [1.807, 2.05) is 24.4 Å². The van der Waals surface area contributed by atoms with Gasteiger partial charge in [0, 0.05) is 21.5 Å². The van der Waals surface area contributed by atoms with E-state index in [0.717, 1.165) is 16.3 Å². The molecule has 0 saturated heterocycles. The molecule has 0 spiro atoms. The zero-order chi connectivity index (χ0) is 19.4. The second kappa shape index (κ2) is 8.59. The van der Waals surface area contributed by atoms with Crippen LogP contribution in [0, 0.1) is 11.7 Å². The summed E-state index contributed by atoms with van der Waals surface area (Å²) in [6.45, 7) is 1.96. The van der Waals surface area contributed by atoms with Gasteiger partial charge in [0.05, 0.1) is 11.6 Å². The lowest BCUT2D eigenvalue weighted by atomic mass is 9.92. The van der Waals surface area contributed by atoms with Gasteiger partial charge in [-0.1, -0.05) is 37.1 Å². The number of amides is 2. The molecule has 140 valence electrons. The third-order valence-corrected chi connectivity index (χ3v) is 5.45. The molecule has 0 saturated carbocycles. The minimum Gasteiger partial charge on any atom is -0.272 e. The Labute approximate surface area is 165 Å². The molecule has 0 bridgehead atoms. The number of nitrogens with zero attached hydrogens (tertiary/aromatic N) is 2. The first-order valence-corrected chi connectivity index (χ1v) is 9.86. The lowest BCUT2D eigenvalue weighted by Crippen LogP contribution is -2.32. The van der Waals surface area contributed by atoms with Gasteiger partial charge in [0.1, 0.15) is 5.82 Å². The molecule has 4 nitrogen and oxygen atoms in total. The highest BCUT2D eigenvalue weighted by Crippen LogP contribution is 2.28. The molecule has 1 unspecified atom stereocenters. The van der Waals surface area contributed by atoms with Crippen LogP contribution >= 0.6 is 22.9 Å². The first kappa shape index (κ1) is 19.5. The van der Waals surface area contributed by atoms with Crippen LogP contribution in [0.25, 0.3) is 6.08 Å². The highest BCUT2D eigenvalue weighted by molar-refractivity contribution is 7.10. The Morgan fingerprint density at radius 2 is 2.19 bits per heavy atom. The standard InChI is InChI=1S/C20H18ClFN2O2S/c1-2-5-18-15(12-14-16(21)7-3-8-17(14)22)20(26)24(23-18)19(25)10-9-13-6-4-11-27-13/h3-4,6-11,15H,2,5,12H2,1H3. The molecule has 0 N–H and O–H groups in total. The van der Waals surface area contributed by atoms with Gasteiger partial charge in [-0.05, 0) is 42.5 Å². The quantitative estimate of drug-likeness (QED) is 0.640. The van der Waals surface area contributed by atoms with Gasteiger partial charge in [0.15, 0.2) is 0 Å². The Morgan fingerprint density at radius 3 is 2.85 bits per heavy atom. The molecule has 1 aromatic heterocycles. The zero-order valence-corrected chi connectivity index (χ0v) is 16.3. The molecule has 1 aromatic carbocycles. The first-order chi connectivity index (χ1) is 13.0. The van der Waals surface area contributed by atoms with Gasteiger partial charge in [0.2, 0.25) is 0 Å². The van der Waals surface area contributed by atoms with E-state index >= 15 is 0 Å². The average Bonchev–Trinajstić information content (AvgIpc) is 3.26. The van der Waals surface area contributed by atoms with Gasteiger partial charge in [-0.25, -0.2) is 4.39 Å². The van der Waals surface area contributed by atoms with Crippen molar-refractivity contribution in [3.8, 4) is 0 Å². The number of carbonyl (C=O) groups is 2. The Balaban J connectivity index is 1.82. The molecule has 3 rings (SSSR count). The number of thiophene rings is 1. The fraction of sp³-hybridized carbons (Fsp3) is 0.250. The van der Waals surface area contributed by atoms with Gasteiger partial charge < -0.3 is 0 Å². The normalized spacial score (nSPS) is 17.0. The largest absolute Gasteiger partial charge is 0.273 e. The van der Waals surface area contributed by atoms with Crippen LogP contribution in [0.5, 0.6) is 0 Å². The molecule has 0 aliphatic carbocycles. The van der Waals surface area contributed by atoms with Crippen LogP contribution in [0.2, 0.25) is 5.02 Å². The van der Waals surface area contributed by atoms with E-state index in [9.17, 15) is 14.0 Å². The van der Waals surface area contributed by atoms with Crippen LogP contribution in [0.15, 0.2) is 46.9 Å². The number of halogens is 2. The fourth-order valence-electron chi connectivity index (χ4n) is 2.92. The number of rotatable bonds is 6. The van der Waals surface area contributed by atoms with Crippen molar-refractivity contribution in [1.82, 2.24) is 5.01 Å². The summed E-state index contributed by atoms with van der Waals surface area (Å²) in [6, 6.07) is 8.16. The van der Waals surface area contributed by atoms with Gasteiger partial charge in [-0.2, -0.15) is 10.1 Å². The number of hydrogen-bond donors (Lipinski definition) is 0. The van der Waals surface area contributed by atoms with E-state index in [2.05, 4.69) is 5.10 Å². The predicted molar refractivity (Wildman–Crippen MR) is 106 cm³/mol. The van der Waals surface area contributed by atoms with Crippen molar-refractivity contribution in [3.63, 3.8) is 0 Å². The SMILES string of the molecule is CCCC1=NN(C(=O)C=Cc2cccs2)C(=O)C1Cc1c(F)cccc1Cl. The minimum absolute atomic E-state index is 0.0849. The number of carbonyl (C=O) groups excluding carboxylic acids is 2. The summed E-state index contributed by atoms with van der Waals surface area (Å²) in [6.07, 6.45) is 4.38. The highest BCUT2D eigenvalue weighted by Gasteiger charge is 2.38. The Kier molecular flexibility index (Phi) is 6.19. The summed E-state index contributed by atoms with van der Waals surface area (Å²) in [5, 5.41) is 7.28. The molecular weight excluding hydrogens is 387 g/mol. The molecule has 0 radical (unpaired) electrons. The molecule has 7 heteroatoms. The lowest BCUT2D eigenvalue weighted by molar-refractivity contribution is -0.141. The Morgan fingerprint density at radius 1 is 1.37 bits per heavy atom. The maximum absolute atomic E-state index is 14.2. The highest BCUT2D eigenvalue weighted by atomic mass is 35.5. The third-order valence-electron chi connectivity index (χ3n) is 4.26. The van der Waals surface area contributed by atoms with Gasteiger partial charge in [-0.3, -0.25) is 9.59 Å². The fourth-order valence-corrected chi connectivity index (χ4v) is 3.78. The van der Waals surface area contributed by atoms with Crippen LogP contribution in [-0.2, 0) is 16.0 Å². The van der Waals surface area contributed by atoms with Crippen molar-refractivity contribution in [1.29, 1.82) is 0 Å². The van der Waals surface area contributed by atoms with Crippen LogP contribution in [0.3, 0.4) is 0 Å². The molecule has 2 aromatic rings. The van der Waals surface area contributed by atoms with Crippen molar-refractivity contribution in [2.45, 2.75) is 26.2 Å². The van der Waals surface area contributed by atoms with Crippen LogP contribution in [0.1, 0.15) is 30.2 Å². The van der Waals surface area contributed by atoms with Crippen LogP contribution < -0.4 is 0 Å². The molecule has 1 aliphatic rings. The molecule has 0 fully saturated rings. The maximum atomic E-state index is 14.2. The van der Waals surface area contributed by atoms with E-state index < -0.39 is 23.5 Å². The van der Waals surface area contributed by atoms with Crippen LogP contribution in [-0.4, -0.2) is 22.5 Å². The zero-order valence-electron chi connectivity index (χ0n) is 14.7.